The number of nitrogens with zero attached hydrogens (tertiary/aromatic N) is 4. The summed E-state index contributed by atoms with van der Waals surface area (Å²) in [6.07, 6.45) is -6.89. The van der Waals surface area contributed by atoms with E-state index in [1.165, 1.54) is 4.90 Å². The van der Waals surface area contributed by atoms with Crippen LogP contribution in [0.15, 0.2) is 0 Å². The first-order valence-electron chi connectivity index (χ1n) is 11.1. The van der Waals surface area contributed by atoms with Gasteiger partial charge < -0.3 is 0 Å². The van der Waals surface area contributed by atoms with Crippen LogP contribution >= 0.6 is 0 Å². The van der Waals surface area contributed by atoms with Crippen LogP contribution in [0.25, 0.3) is 0 Å². The Hall–Kier alpha value is -0.510. The van der Waals surface area contributed by atoms with Gasteiger partial charge in [-0.15, -0.1) is 0 Å². The van der Waals surface area contributed by atoms with Crippen LogP contribution in [-0.4, -0.2) is 108 Å². The summed E-state index contributed by atoms with van der Waals surface area (Å²) >= 11 is 0. The van der Waals surface area contributed by atoms with Crippen LogP contribution in [0.4, 0.5) is 22.0 Å². The van der Waals surface area contributed by atoms with Gasteiger partial charge >= 0.3 is 6.18 Å². The minimum atomic E-state index is -4.29. The predicted octanol–water partition coefficient (Wildman–Crippen LogP) is 3.77. The lowest BCUT2D eigenvalue weighted by atomic mass is 9.95. The second-order valence-corrected chi connectivity index (χ2v) is 9.99. The highest BCUT2D eigenvalue weighted by Crippen LogP contribution is 2.32. The summed E-state index contributed by atoms with van der Waals surface area (Å²) < 4.78 is 67.6. The Labute approximate surface area is 178 Å². The van der Waals surface area contributed by atoms with E-state index in [2.05, 4.69) is 23.6 Å². The molecule has 2 aliphatic rings. The quantitative estimate of drug-likeness (QED) is 0.557. The maximum absolute atomic E-state index is 13.7. The smallest absolute Gasteiger partial charge is 0.298 e. The fraction of sp³-hybridized carbons (Fsp3) is 1.00. The molecule has 178 valence electrons. The number of piperazine rings is 2. The molecule has 30 heavy (non-hydrogen) atoms. The normalized spacial score (nSPS) is 27.0. The Balaban J connectivity index is 2.12. The number of hydrogen-bond donors (Lipinski definition) is 0. The van der Waals surface area contributed by atoms with Gasteiger partial charge in [0, 0.05) is 75.9 Å². The molecule has 2 aliphatic heterocycles. The Morgan fingerprint density at radius 1 is 0.867 bits per heavy atom. The molecule has 0 amide bonds. The van der Waals surface area contributed by atoms with Gasteiger partial charge in [-0.05, 0) is 41.5 Å². The molecule has 2 saturated heterocycles. The number of alkyl halides is 5. The van der Waals surface area contributed by atoms with Crippen LogP contribution in [-0.2, 0) is 0 Å². The molecule has 4 nitrogen and oxygen atoms in total. The summed E-state index contributed by atoms with van der Waals surface area (Å²) in [6.45, 7) is 14.9. The molecule has 2 rings (SSSR count). The summed E-state index contributed by atoms with van der Waals surface area (Å²) in [5, 5.41) is 0. The molecule has 0 aliphatic carbocycles. The molecule has 0 aromatic heterocycles. The van der Waals surface area contributed by atoms with Crippen molar-refractivity contribution in [1.82, 2.24) is 19.6 Å². The lowest BCUT2D eigenvalue weighted by Gasteiger charge is -2.52. The monoisotopic (exact) mass is 442 g/mol. The lowest BCUT2D eigenvalue weighted by Crippen LogP contribution is -2.67. The topological polar surface area (TPSA) is 13.0 Å². The SMILES string of the molecule is CC(C)N1CCN(CC(C)(C)N2CCN(C(C)C)C(C(F)(F)F)C2)C(CC(F)F)C1. The second kappa shape index (κ2) is 9.96. The fourth-order valence-electron chi connectivity index (χ4n) is 4.88. The van der Waals surface area contributed by atoms with E-state index in [4.69, 9.17) is 0 Å². The zero-order valence-electron chi connectivity index (χ0n) is 19.2. The average molecular weight is 443 g/mol. The van der Waals surface area contributed by atoms with Gasteiger partial charge in [0.25, 0.3) is 0 Å². The van der Waals surface area contributed by atoms with E-state index >= 15 is 0 Å². The van der Waals surface area contributed by atoms with Gasteiger partial charge in [-0.2, -0.15) is 13.2 Å². The van der Waals surface area contributed by atoms with Crippen molar-refractivity contribution in [2.75, 3.05) is 45.8 Å². The van der Waals surface area contributed by atoms with E-state index in [1.54, 1.807) is 13.8 Å². The van der Waals surface area contributed by atoms with Crippen molar-refractivity contribution in [2.45, 2.75) is 90.3 Å². The minimum absolute atomic E-state index is 0.0832. The first kappa shape index (κ1) is 25.7. The molecule has 0 aromatic rings. The van der Waals surface area contributed by atoms with Gasteiger partial charge in [-0.3, -0.25) is 19.6 Å². The van der Waals surface area contributed by atoms with Crippen LogP contribution in [0.2, 0.25) is 0 Å². The van der Waals surface area contributed by atoms with E-state index in [9.17, 15) is 22.0 Å². The fourth-order valence-corrected chi connectivity index (χ4v) is 4.88. The maximum atomic E-state index is 13.7. The number of halogens is 5. The first-order valence-corrected chi connectivity index (χ1v) is 11.1. The molecule has 0 bridgehead atoms. The van der Waals surface area contributed by atoms with Crippen LogP contribution in [0, 0.1) is 0 Å². The second-order valence-electron chi connectivity index (χ2n) is 9.99. The highest BCUT2D eigenvalue weighted by Gasteiger charge is 2.49. The van der Waals surface area contributed by atoms with Crippen molar-refractivity contribution in [3.8, 4) is 0 Å². The van der Waals surface area contributed by atoms with Gasteiger partial charge in [-0.25, -0.2) is 8.78 Å². The van der Waals surface area contributed by atoms with Gasteiger partial charge in [0.2, 0.25) is 6.43 Å². The zero-order valence-corrected chi connectivity index (χ0v) is 19.2. The summed E-state index contributed by atoms with van der Waals surface area (Å²) in [6, 6.07) is -1.67. The lowest BCUT2D eigenvalue weighted by molar-refractivity contribution is -0.207. The first-order chi connectivity index (χ1) is 13.7. The number of hydrogen-bond acceptors (Lipinski definition) is 4. The standard InChI is InChI=1S/C21H39F5N4/c1-15(2)27-7-8-28(17(12-27)11-19(22)23)14-20(5,6)29-9-10-30(16(3)4)18(13-29)21(24,25)26/h15-19H,7-14H2,1-6H3. The van der Waals surface area contributed by atoms with E-state index in [1.807, 2.05) is 18.7 Å². The van der Waals surface area contributed by atoms with Crippen molar-refractivity contribution in [3.05, 3.63) is 0 Å². The molecule has 2 fully saturated rings. The molecule has 9 heteroatoms. The van der Waals surface area contributed by atoms with Gasteiger partial charge in [0.15, 0.2) is 0 Å². The average Bonchev–Trinajstić information content (AvgIpc) is 2.61. The summed E-state index contributed by atoms with van der Waals surface area (Å²) in [5.41, 5.74) is -0.535. The van der Waals surface area contributed by atoms with Crippen molar-refractivity contribution < 1.29 is 22.0 Å². The molecule has 2 atom stereocenters. The Kier molecular flexibility index (Phi) is 8.55. The maximum Gasteiger partial charge on any atom is 0.405 e. The zero-order chi connectivity index (χ0) is 22.9. The van der Waals surface area contributed by atoms with Crippen LogP contribution < -0.4 is 0 Å². The van der Waals surface area contributed by atoms with Crippen LogP contribution in [0.1, 0.15) is 48.0 Å². The Bertz CT molecular complexity index is 538. The highest BCUT2D eigenvalue weighted by atomic mass is 19.4. The van der Waals surface area contributed by atoms with Gasteiger partial charge in [-0.1, -0.05) is 0 Å². The largest absolute Gasteiger partial charge is 0.405 e. The third kappa shape index (κ3) is 6.50. The summed E-state index contributed by atoms with van der Waals surface area (Å²) in [5.74, 6) is 0. The molecular weight excluding hydrogens is 403 g/mol. The van der Waals surface area contributed by atoms with E-state index in [-0.39, 0.29) is 31.1 Å². The van der Waals surface area contributed by atoms with E-state index in [0.29, 0.717) is 32.7 Å². The van der Waals surface area contributed by atoms with Gasteiger partial charge in [0.1, 0.15) is 6.04 Å². The third-order valence-corrected chi connectivity index (χ3v) is 6.73. The molecule has 2 unspecified atom stereocenters. The molecule has 0 spiro atoms. The van der Waals surface area contributed by atoms with Crippen molar-refractivity contribution in [3.63, 3.8) is 0 Å². The number of rotatable bonds is 7. The Morgan fingerprint density at radius 3 is 2.00 bits per heavy atom. The molecule has 2 heterocycles. The highest BCUT2D eigenvalue weighted by molar-refractivity contribution is 4.97. The van der Waals surface area contributed by atoms with Crippen LogP contribution in [0.3, 0.4) is 0 Å². The minimum Gasteiger partial charge on any atom is -0.298 e. The van der Waals surface area contributed by atoms with Gasteiger partial charge in [0.05, 0.1) is 0 Å². The Morgan fingerprint density at radius 2 is 1.50 bits per heavy atom. The van der Waals surface area contributed by atoms with Crippen molar-refractivity contribution >= 4 is 0 Å². The molecular formula is C21H39F5N4. The van der Waals surface area contributed by atoms with Crippen molar-refractivity contribution in [2.24, 2.45) is 0 Å². The molecule has 0 saturated carbocycles. The summed E-state index contributed by atoms with van der Waals surface area (Å²) in [7, 11) is 0. The van der Waals surface area contributed by atoms with E-state index < -0.39 is 24.2 Å². The molecule has 0 aromatic carbocycles. The molecule has 0 radical (unpaired) electrons. The predicted molar refractivity (Wildman–Crippen MR) is 110 cm³/mol. The van der Waals surface area contributed by atoms with Crippen molar-refractivity contribution in [1.29, 1.82) is 0 Å². The summed E-state index contributed by atoms with van der Waals surface area (Å²) in [4.78, 5) is 7.70. The van der Waals surface area contributed by atoms with E-state index in [0.717, 1.165) is 6.54 Å². The van der Waals surface area contributed by atoms with Crippen LogP contribution in [0.5, 0.6) is 0 Å². The third-order valence-electron chi connectivity index (χ3n) is 6.73. The molecule has 0 N–H and O–H groups in total.